The fraction of sp³-hybridized carbons (Fsp3) is 0.381. The van der Waals surface area contributed by atoms with Crippen molar-refractivity contribution in [3.63, 3.8) is 0 Å². The molecule has 0 aliphatic carbocycles. The zero-order valence-corrected chi connectivity index (χ0v) is 40.7. The van der Waals surface area contributed by atoms with Crippen LogP contribution in [-0.4, -0.2) is 99.0 Å². The average Bonchev–Trinajstić information content (AvgIpc) is 4.04. The third-order valence-corrected chi connectivity index (χ3v) is 20.5. The van der Waals surface area contributed by atoms with Gasteiger partial charge in [0, 0.05) is 57.0 Å². The van der Waals surface area contributed by atoms with Crippen LogP contribution in [0.25, 0.3) is 56.8 Å². The molecule has 0 N–H and O–H groups in total. The Morgan fingerprint density at radius 2 is 0.918 bits per heavy atom. The molecular formula is C42H54N14O2PtSi2. The maximum Gasteiger partial charge on any atom is 0.192 e. The van der Waals surface area contributed by atoms with Crippen LogP contribution in [0.4, 0.5) is 0 Å². The van der Waals surface area contributed by atoms with E-state index in [0.29, 0.717) is 38.0 Å². The number of rotatable bonds is 12. The molecule has 0 fully saturated rings. The number of nitrogens with zero attached hydrogens (tertiary/aromatic N) is 14. The van der Waals surface area contributed by atoms with E-state index in [1.54, 1.807) is 12.4 Å². The van der Waals surface area contributed by atoms with Crippen LogP contribution >= 0.6 is 0 Å². The molecule has 0 aromatic carbocycles. The van der Waals surface area contributed by atoms with E-state index in [4.69, 9.17) is 8.85 Å². The molecule has 0 radical (unpaired) electrons. The van der Waals surface area contributed by atoms with Crippen LogP contribution in [0.15, 0.2) is 97.8 Å². The van der Waals surface area contributed by atoms with Crippen LogP contribution in [0.5, 0.6) is 0 Å². The van der Waals surface area contributed by atoms with Crippen molar-refractivity contribution in [1.29, 1.82) is 0 Å². The van der Waals surface area contributed by atoms with Crippen LogP contribution < -0.4 is 0 Å². The van der Waals surface area contributed by atoms with Crippen LogP contribution in [0.3, 0.4) is 0 Å². The van der Waals surface area contributed by atoms with Gasteiger partial charge in [0.05, 0.1) is 38.7 Å². The first kappa shape index (κ1) is 45.4. The molecule has 0 spiro atoms. The molecule has 19 heteroatoms. The molecule has 8 heterocycles. The van der Waals surface area contributed by atoms with Crippen molar-refractivity contribution in [1.82, 2.24) is 69.2 Å². The summed E-state index contributed by atoms with van der Waals surface area (Å²) in [5.41, 5.74) is 6.48. The Kier molecular flexibility index (Phi) is 13.7. The Balaban J connectivity index is 0.000000201. The quantitative estimate of drug-likeness (QED) is 0.108. The second-order valence-corrected chi connectivity index (χ2v) is 27.3. The molecule has 0 saturated heterocycles. The third-order valence-electron chi connectivity index (χ3n) is 11.5. The van der Waals surface area contributed by atoms with Gasteiger partial charge in [-0.2, -0.15) is 0 Å². The number of hydrogen-bond acceptors (Lipinski definition) is 12. The van der Waals surface area contributed by atoms with E-state index in [-0.39, 0.29) is 31.1 Å². The zero-order chi connectivity index (χ0) is 42.7. The van der Waals surface area contributed by atoms with Gasteiger partial charge in [0.25, 0.3) is 0 Å². The second kappa shape index (κ2) is 18.5. The molecule has 322 valence electrons. The fourth-order valence-electron chi connectivity index (χ4n) is 5.69. The van der Waals surface area contributed by atoms with E-state index < -0.39 is 16.6 Å². The summed E-state index contributed by atoms with van der Waals surface area (Å²) < 4.78 is 19.9. The molecular weight excluding hydrogens is 984 g/mol. The van der Waals surface area contributed by atoms with Gasteiger partial charge in [0.15, 0.2) is 39.6 Å². The Morgan fingerprint density at radius 3 is 1.28 bits per heavy atom. The van der Waals surface area contributed by atoms with Crippen molar-refractivity contribution in [2.75, 3.05) is 13.2 Å². The molecule has 0 amide bonds. The maximum absolute atomic E-state index is 6.23. The standard InChI is InChI=1S/2C21H27N7OSi.Pt/c2*1-21(2,3)30(4,5)29-13-12-27-15-18(23-26-27)16-9-10-17(22-14-16)20-25-24-19-8-6-7-11-28(19)20;/h2*6-11,14-15H,12-13H2,1-5H3;. The van der Waals surface area contributed by atoms with Gasteiger partial charge in [-0.05, 0) is 84.8 Å². The van der Waals surface area contributed by atoms with Gasteiger partial charge in [0.1, 0.15) is 22.8 Å². The predicted molar refractivity (Wildman–Crippen MR) is 237 cm³/mol. The minimum Gasteiger partial charge on any atom is -0.415 e. The van der Waals surface area contributed by atoms with Crippen LogP contribution in [0.1, 0.15) is 41.5 Å². The summed E-state index contributed by atoms with van der Waals surface area (Å²) in [5, 5.41) is 34.3. The first-order chi connectivity index (χ1) is 28.5. The Hall–Kier alpha value is -5.14. The van der Waals surface area contributed by atoms with Crippen LogP contribution in [-0.2, 0) is 43.0 Å². The maximum atomic E-state index is 6.23. The van der Waals surface area contributed by atoms with Gasteiger partial charge in [-0.1, -0.05) is 64.1 Å². The van der Waals surface area contributed by atoms with Crippen molar-refractivity contribution in [3.8, 4) is 45.6 Å². The third kappa shape index (κ3) is 10.5. The summed E-state index contributed by atoms with van der Waals surface area (Å²) in [5.74, 6) is 1.42. The van der Waals surface area contributed by atoms with E-state index in [1.165, 1.54) is 0 Å². The van der Waals surface area contributed by atoms with Crippen LogP contribution in [0.2, 0.25) is 36.3 Å². The van der Waals surface area contributed by atoms with Crippen molar-refractivity contribution in [2.24, 2.45) is 0 Å². The van der Waals surface area contributed by atoms with Gasteiger partial charge in [-0.3, -0.25) is 18.8 Å². The Labute approximate surface area is 372 Å². The van der Waals surface area contributed by atoms with Gasteiger partial charge in [-0.25, -0.2) is 9.36 Å². The topological polar surface area (TPSA) is 166 Å². The number of hydrogen-bond donors (Lipinski definition) is 0. The minimum atomic E-state index is -1.75. The van der Waals surface area contributed by atoms with E-state index >= 15 is 0 Å². The molecule has 0 atom stereocenters. The first-order valence-corrected chi connectivity index (χ1v) is 25.9. The SMILES string of the molecule is CC(C)(C)[Si](C)(C)OCCn1cc(-c2ccc(-c3nnc4ccccn34)nc2)nn1.CC(C)(C)[Si](C)(C)OCCn1cc(-c2ccc(-c3nnc4ccccn34)nc2)nn1.[Pt]. The predicted octanol–water partition coefficient (Wildman–Crippen LogP) is 8.14. The first-order valence-electron chi connectivity index (χ1n) is 20.1. The van der Waals surface area contributed by atoms with E-state index in [1.807, 2.05) is 104 Å². The molecule has 0 bridgehead atoms. The van der Waals surface area contributed by atoms with Gasteiger partial charge >= 0.3 is 0 Å². The molecule has 0 aliphatic rings. The summed E-state index contributed by atoms with van der Waals surface area (Å²) in [6.45, 7) is 25.1. The van der Waals surface area contributed by atoms with E-state index in [2.05, 4.69) is 119 Å². The summed E-state index contributed by atoms with van der Waals surface area (Å²) in [4.78, 5) is 9.12. The molecule has 0 saturated carbocycles. The molecule has 8 rings (SSSR count). The summed E-state index contributed by atoms with van der Waals surface area (Å²) in [6, 6.07) is 19.4. The van der Waals surface area contributed by atoms with Crippen molar-refractivity contribution in [3.05, 3.63) is 97.8 Å². The monoisotopic (exact) mass is 1040 g/mol. The zero-order valence-electron chi connectivity index (χ0n) is 36.5. The van der Waals surface area contributed by atoms with Crippen LogP contribution in [0, 0.1) is 0 Å². The number of pyridine rings is 4. The average molecular weight is 1040 g/mol. The largest absolute Gasteiger partial charge is 0.415 e. The molecule has 61 heavy (non-hydrogen) atoms. The molecule has 0 unspecified atom stereocenters. The van der Waals surface area contributed by atoms with Gasteiger partial charge < -0.3 is 8.85 Å². The van der Waals surface area contributed by atoms with Gasteiger partial charge in [-0.15, -0.1) is 30.6 Å². The molecule has 16 nitrogen and oxygen atoms in total. The van der Waals surface area contributed by atoms with E-state index in [9.17, 15) is 0 Å². The molecule has 0 aliphatic heterocycles. The minimum absolute atomic E-state index is 0. The smallest absolute Gasteiger partial charge is 0.192 e. The fourth-order valence-corrected chi connectivity index (χ4v) is 7.76. The molecule has 8 aromatic heterocycles. The summed E-state index contributed by atoms with van der Waals surface area (Å²) in [7, 11) is -3.51. The summed E-state index contributed by atoms with van der Waals surface area (Å²) in [6.07, 6.45) is 11.3. The van der Waals surface area contributed by atoms with E-state index in [0.717, 1.165) is 45.2 Å². The van der Waals surface area contributed by atoms with Gasteiger partial charge in [0.2, 0.25) is 0 Å². The Morgan fingerprint density at radius 1 is 0.508 bits per heavy atom. The normalized spacial score (nSPS) is 12.4. The van der Waals surface area contributed by atoms with Crippen molar-refractivity contribution >= 4 is 27.9 Å². The Bertz CT molecular complexity index is 2480. The number of aromatic nitrogens is 14. The van der Waals surface area contributed by atoms with Crippen molar-refractivity contribution in [2.45, 2.75) is 90.9 Å². The molecule has 8 aromatic rings. The summed E-state index contributed by atoms with van der Waals surface area (Å²) >= 11 is 0. The second-order valence-electron chi connectivity index (χ2n) is 17.7. The van der Waals surface area contributed by atoms with Crippen molar-refractivity contribution < 1.29 is 29.9 Å². The number of fused-ring (bicyclic) bond motifs is 2.